The number of ether oxygens (including phenoxy) is 1. The average Bonchev–Trinajstić information content (AvgIpc) is 3.58. The standard InChI is InChI=1S/C46H69N5O8/c1-11-13-19-35(52)39(55)31(16-12-2)24-36(53)34-25-33(59-43(58)50-22-20-30-17-14-15-18-32(30)27-50)28-51(34)41(56)40(45(6,7)8)48-42(57)47-37(44(3,4)5)29-49-23-21-46(9,10)26-38(49)54/h11,14-15,17-18,31,33-34,37,40H,1,12-13,16,19-29H2,2-10H3,(H2,47,48,57)/t31?,33-,34+,37-,40-/m1/s1. The highest BCUT2D eigenvalue weighted by Gasteiger charge is 2.47. The highest BCUT2D eigenvalue weighted by molar-refractivity contribution is 6.38. The predicted molar refractivity (Wildman–Crippen MR) is 226 cm³/mol. The van der Waals surface area contributed by atoms with E-state index in [0.29, 0.717) is 58.3 Å². The quantitative estimate of drug-likeness (QED) is 0.143. The number of nitrogens with one attached hydrogen (secondary N) is 2. The van der Waals surface area contributed by atoms with E-state index >= 15 is 0 Å². The third-order valence-electron chi connectivity index (χ3n) is 12.1. The highest BCUT2D eigenvalue weighted by atomic mass is 16.6. The smallest absolute Gasteiger partial charge is 0.410 e. The zero-order valence-electron chi connectivity index (χ0n) is 37.0. The second kappa shape index (κ2) is 19.7. The maximum absolute atomic E-state index is 14.8. The minimum absolute atomic E-state index is 0.00730. The summed E-state index contributed by atoms with van der Waals surface area (Å²) in [6.45, 7) is 22.7. The van der Waals surface area contributed by atoms with Gasteiger partial charge in [-0.25, -0.2) is 9.59 Å². The largest absolute Gasteiger partial charge is 0.444 e. The molecule has 13 heteroatoms. The Morgan fingerprint density at radius 1 is 0.983 bits per heavy atom. The van der Waals surface area contributed by atoms with Gasteiger partial charge in [0.05, 0.1) is 18.6 Å². The van der Waals surface area contributed by atoms with Crippen LogP contribution in [0.25, 0.3) is 0 Å². The van der Waals surface area contributed by atoms with Crippen LogP contribution in [0.15, 0.2) is 36.9 Å². The van der Waals surface area contributed by atoms with Gasteiger partial charge in [-0.2, -0.15) is 0 Å². The molecular formula is C46H69N5O8. The average molecular weight is 820 g/mol. The van der Waals surface area contributed by atoms with Crippen molar-refractivity contribution < 1.29 is 38.3 Å². The van der Waals surface area contributed by atoms with Gasteiger partial charge in [0.2, 0.25) is 17.6 Å². The molecule has 4 rings (SSSR count). The van der Waals surface area contributed by atoms with E-state index in [9.17, 15) is 33.6 Å². The number of Topliss-reactive ketones (excluding diaryl/α,β-unsaturated/α-hetero) is 3. The number of hydrogen-bond acceptors (Lipinski definition) is 8. The summed E-state index contributed by atoms with van der Waals surface area (Å²) in [6, 6.07) is 4.69. The van der Waals surface area contributed by atoms with E-state index in [4.69, 9.17) is 4.74 Å². The van der Waals surface area contributed by atoms with Gasteiger partial charge in [0.25, 0.3) is 0 Å². The molecule has 0 radical (unpaired) electrons. The minimum atomic E-state index is -1.11. The van der Waals surface area contributed by atoms with Crippen LogP contribution in [0.5, 0.6) is 0 Å². The molecule has 0 aliphatic carbocycles. The summed E-state index contributed by atoms with van der Waals surface area (Å²) >= 11 is 0. The number of benzene rings is 1. The molecule has 1 aromatic rings. The van der Waals surface area contributed by atoms with Crippen LogP contribution in [0.4, 0.5) is 9.59 Å². The van der Waals surface area contributed by atoms with Crippen molar-refractivity contribution >= 4 is 41.3 Å². The van der Waals surface area contributed by atoms with E-state index in [1.165, 1.54) is 10.5 Å². The van der Waals surface area contributed by atoms with Crippen molar-refractivity contribution in [2.75, 3.05) is 26.2 Å². The number of amides is 5. The van der Waals surface area contributed by atoms with E-state index in [-0.39, 0.29) is 37.1 Å². The van der Waals surface area contributed by atoms with Crippen LogP contribution in [-0.2, 0) is 41.7 Å². The number of nitrogens with zero attached hydrogens (tertiary/aromatic N) is 3. The third kappa shape index (κ3) is 12.7. The summed E-state index contributed by atoms with van der Waals surface area (Å²) in [5, 5.41) is 5.96. The number of likely N-dealkylation sites (tertiary alicyclic amines) is 2. The van der Waals surface area contributed by atoms with Gasteiger partial charge in [-0.3, -0.25) is 24.0 Å². The fourth-order valence-corrected chi connectivity index (χ4v) is 8.20. The first-order valence-corrected chi connectivity index (χ1v) is 21.4. The van der Waals surface area contributed by atoms with E-state index in [1.54, 1.807) is 15.9 Å². The molecule has 1 unspecified atom stereocenters. The molecule has 0 bridgehead atoms. The summed E-state index contributed by atoms with van der Waals surface area (Å²) in [6.07, 6.45) is 3.12. The second-order valence-corrected chi connectivity index (χ2v) is 19.7. The summed E-state index contributed by atoms with van der Waals surface area (Å²) in [7, 11) is 0. The van der Waals surface area contributed by atoms with Gasteiger partial charge in [0.15, 0.2) is 11.6 Å². The molecule has 0 aromatic heterocycles. The number of hydrogen-bond donors (Lipinski definition) is 2. The summed E-state index contributed by atoms with van der Waals surface area (Å²) in [5.74, 6) is -2.93. The van der Waals surface area contributed by atoms with Crippen LogP contribution in [0.2, 0.25) is 0 Å². The van der Waals surface area contributed by atoms with E-state index in [1.807, 2.05) is 72.7 Å². The van der Waals surface area contributed by atoms with Crippen molar-refractivity contribution in [1.29, 1.82) is 0 Å². The zero-order chi connectivity index (χ0) is 43.9. The molecule has 2 N–H and O–H groups in total. The van der Waals surface area contributed by atoms with Crippen molar-refractivity contribution in [3.8, 4) is 0 Å². The SMILES string of the molecule is C=CCCC(=O)C(=O)C(CCC)CC(=O)[C@@H]1C[C@@H](OC(=O)N2CCc3ccccc3C2)CN1C(=O)[C@@H](NC(=O)N[C@H](CN1CCC(C)(C)CC1=O)C(C)(C)C)C(C)(C)C. The molecule has 59 heavy (non-hydrogen) atoms. The Kier molecular flexibility index (Phi) is 15.7. The zero-order valence-corrected chi connectivity index (χ0v) is 37.0. The molecule has 5 atom stereocenters. The molecule has 0 saturated carbocycles. The molecule has 1 aromatic carbocycles. The van der Waals surface area contributed by atoms with Crippen molar-refractivity contribution in [2.45, 2.75) is 151 Å². The van der Waals surface area contributed by atoms with Crippen molar-refractivity contribution in [1.82, 2.24) is 25.3 Å². The molecule has 2 saturated heterocycles. The Hall–Kier alpha value is -4.55. The lowest BCUT2D eigenvalue weighted by atomic mass is 9.81. The van der Waals surface area contributed by atoms with Crippen molar-refractivity contribution in [2.24, 2.45) is 22.2 Å². The molecule has 3 heterocycles. The number of carbonyl (C=O) groups is 7. The summed E-state index contributed by atoms with van der Waals surface area (Å²) in [5.41, 5.74) is 0.838. The second-order valence-electron chi connectivity index (χ2n) is 19.7. The van der Waals surface area contributed by atoms with Crippen LogP contribution in [0.3, 0.4) is 0 Å². The van der Waals surface area contributed by atoms with Crippen LogP contribution in [-0.4, -0.2) is 106 Å². The third-order valence-corrected chi connectivity index (χ3v) is 12.1. The lowest BCUT2D eigenvalue weighted by molar-refractivity contribution is -0.143. The molecule has 2 fully saturated rings. The Bertz CT molecular complexity index is 1740. The van der Waals surface area contributed by atoms with Gasteiger partial charge in [0, 0.05) is 57.8 Å². The Morgan fingerprint density at radius 3 is 2.27 bits per heavy atom. The Labute approximate surface area is 351 Å². The van der Waals surface area contributed by atoms with Crippen molar-refractivity contribution in [3.63, 3.8) is 0 Å². The number of carbonyl (C=O) groups excluding carboxylic acids is 7. The maximum Gasteiger partial charge on any atom is 0.410 e. The lowest BCUT2D eigenvalue weighted by Crippen LogP contribution is -2.61. The highest BCUT2D eigenvalue weighted by Crippen LogP contribution is 2.33. The Balaban J connectivity index is 1.57. The van der Waals surface area contributed by atoms with Gasteiger partial charge in [-0.15, -0.1) is 6.58 Å². The predicted octanol–water partition coefficient (Wildman–Crippen LogP) is 6.41. The van der Waals surface area contributed by atoms with Crippen LogP contribution in [0, 0.1) is 22.2 Å². The minimum Gasteiger partial charge on any atom is -0.444 e. The van der Waals surface area contributed by atoms with Crippen LogP contribution >= 0.6 is 0 Å². The fourth-order valence-electron chi connectivity index (χ4n) is 8.20. The van der Waals surface area contributed by atoms with Crippen LogP contribution < -0.4 is 10.6 Å². The molecule has 13 nitrogen and oxygen atoms in total. The van der Waals surface area contributed by atoms with Crippen molar-refractivity contribution in [3.05, 3.63) is 48.0 Å². The topological polar surface area (TPSA) is 162 Å². The first-order chi connectivity index (χ1) is 27.5. The number of fused-ring (bicyclic) bond motifs is 1. The summed E-state index contributed by atoms with van der Waals surface area (Å²) < 4.78 is 6.02. The first-order valence-electron chi connectivity index (χ1n) is 21.4. The Morgan fingerprint density at radius 2 is 1.66 bits per heavy atom. The maximum atomic E-state index is 14.8. The van der Waals surface area contributed by atoms with E-state index in [2.05, 4.69) is 31.1 Å². The molecule has 3 aliphatic rings. The van der Waals surface area contributed by atoms with E-state index < -0.39 is 76.4 Å². The van der Waals surface area contributed by atoms with Crippen LogP contribution in [0.1, 0.15) is 125 Å². The lowest BCUT2D eigenvalue weighted by Gasteiger charge is -2.41. The molecular weight excluding hydrogens is 751 g/mol. The molecule has 5 amide bonds. The van der Waals surface area contributed by atoms with E-state index in [0.717, 1.165) is 12.0 Å². The summed E-state index contributed by atoms with van der Waals surface area (Å²) in [4.78, 5) is 101. The van der Waals surface area contributed by atoms with Gasteiger partial charge in [0.1, 0.15) is 12.1 Å². The normalized spacial score (nSPS) is 20.8. The number of ketones is 3. The number of urea groups is 1. The molecule has 0 spiro atoms. The molecule has 326 valence electrons. The first kappa shape index (κ1) is 47.1. The van der Waals surface area contributed by atoms with Gasteiger partial charge < -0.3 is 30.1 Å². The number of rotatable bonds is 16. The van der Waals surface area contributed by atoms with Gasteiger partial charge in [-0.1, -0.05) is 99.1 Å². The number of piperidine rings is 1. The van der Waals surface area contributed by atoms with Gasteiger partial charge in [-0.05, 0) is 53.1 Å². The number of allylic oxidation sites excluding steroid dienone is 1. The molecule has 3 aliphatic heterocycles. The monoisotopic (exact) mass is 820 g/mol. The fraction of sp³-hybridized carbons (Fsp3) is 0.674. The van der Waals surface area contributed by atoms with Gasteiger partial charge >= 0.3 is 12.1 Å².